The Balaban J connectivity index is 0.000000267. The minimum Gasteiger partial charge on any atom is -0.494 e. The molecule has 29 heteroatoms. The summed E-state index contributed by atoms with van der Waals surface area (Å²) in [5.41, 5.74) is 2.10. The molecule has 2 aliphatic heterocycles. The van der Waals surface area contributed by atoms with Crippen LogP contribution in [0.3, 0.4) is 0 Å². The summed E-state index contributed by atoms with van der Waals surface area (Å²) in [6.07, 6.45) is 6.22. The molecule has 0 aromatic heterocycles. The quantitative estimate of drug-likeness (QED) is 0.00862. The monoisotopic (exact) mass is 1670 g/mol. The van der Waals surface area contributed by atoms with Crippen molar-refractivity contribution in [3.8, 4) is 46.0 Å². The second-order valence-corrected chi connectivity index (χ2v) is 26.9. The zero-order chi connectivity index (χ0) is 86.7. The van der Waals surface area contributed by atoms with Crippen molar-refractivity contribution in [1.29, 1.82) is 0 Å². The van der Waals surface area contributed by atoms with Crippen LogP contribution >= 0.6 is 0 Å². The van der Waals surface area contributed by atoms with Gasteiger partial charge < -0.3 is 80.5 Å². The van der Waals surface area contributed by atoms with Crippen molar-refractivity contribution in [1.82, 2.24) is 0 Å². The molecule has 632 valence electrons. The number of aryl methyl sites for hydroxylation is 1. The molecule has 2 saturated heterocycles. The fraction of sp³-hybridized carbons (Fsp3) is 0.247. The average molecular weight is 1670 g/mol. The predicted octanol–water partition coefficient (Wildman–Crippen LogP) is 15.9. The lowest BCUT2D eigenvalue weighted by atomic mass is 10.1. The molecule has 9 aromatic carbocycles. The molecule has 0 spiro atoms. The number of rotatable bonds is 39. The van der Waals surface area contributed by atoms with Gasteiger partial charge in [-0.3, -0.25) is 0 Å². The highest BCUT2D eigenvalue weighted by atomic mass is 16.7. The van der Waals surface area contributed by atoms with E-state index >= 15 is 0 Å². The van der Waals surface area contributed by atoms with Gasteiger partial charge in [0.15, 0.2) is 12.2 Å². The summed E-state index contributed by atoms with van der Waals surface area (Å²) in [4.78, 5) is 147. The number of esters is 10. The summed E-state index contributed by atoms with van der Waals surface area (Å²) < 4.78 is 91.3. The van der Waals surface area contributed by atoms with E-state index in [1.165, 1.54) is 97.1 Å². The van der Waals surface area contributed by atoms with Gasteiger partial charge in [-0.1, -0.05) is 63.9 Å². The molecule has 0 radical (unpaired) electrons. The maximum Gasteiger partial charge on any atom is 0.513 e. The van der Waals surface area contributed by atoms with E-state index in [1.807, 2.05) is 31.2 Å². The fourth-order valence-electron chi connectivity index (χ4n) is 11.9. The molecule has 11 rings (SSSR count). The second kappa shape index (κ2) is 46.0. The molecule has 4 atom stereocenters. The van der Waals surface area contributed by atoms with Crippen LogP contribution in [0.15, 0.2) is 239 Å². The van der Waals surface area contributed by atoms with E-state index in [2.05, 4.69) is 26.3 Å². The Morgan fingerprint density at radius 2 is 0.631 bits per heavy atom. The zero-order valence-corrected chi connectivity index (χ0v) is 66.4. The maximum absolute atomic E-state index is 13.2. The highest BCUT2D eigenvalue weighted by Gasteiger charge is 2.51. The van der Waals surface area contributed by atoms with Gasteiger partial charge in [0, 0.05) is 24.3 Å². The number of ether oxygens (including phenoxy) is 17. The first-order chi connectivity index (χ1) is 59.1. The molecule has 0 aliphatic carbocycles. The van der Waals surface area contributed by atoms with E-state index in [9.17, 15) is 57.5 Å². The molecule has 122 heavy (non-hydrogen) atoms. The standard InChI is InChI=1S/C50H46O20.C43H40O9/c1-3-41(51)59-25-5-7-27-61-49(57)67-37-21-13-31(14-22-37)45(53)65-35-17-9-33(10-18-35)47(55)69-39-29-63-44-40(30-64-43(39)44)70-48(56)34-11-19-36(20-12-34)66-46(54)32-15-23-38(24-16-32)68-50(58)62-28-8-6-26-60-42(52)4-2;1-4-11-33-28-38(20-21-39(33)52-43(47)35-15-13-32-27-37(50-41(45)6-3)19-17-30(32)25-35)51-42(46)34-14-12-31-26-36(18-16-29(31)24-34)48-22-9-7-8-10-23-49-40(44)5-2/h3-4,9-24,39-40,43-44H,1-2,5-8,25-30H2;5-6,12-21,24-28H,2-4,7-11,22-23H2,1H3/t39-,40+,43-,44-;/m0./s1. The smallest absolute Gasteiger partial charge is 0.494 e. The number of hydrogen-bond donors (Lipinski definition) is 0. The minimum absolute atomic E-state index is 0.0198. The van der Waals surface area contributed by atoms with Crippen molar-refractivity contribution in [2.45, 2.75) is 95.5 Å². The van der Waals surface area contributed by atoms with Crippen molar-refractivity contribution in [3.63, 3.8) is 0 Å². The van der Waals surface area contributed by atoms with Gasteiger partial charge in [0.25, 0.3) is 0 Å². The van der Waals surface area contributed by atoms with E-state index in [4.69, 9.17) is 80.5 Å². The summed E-state index contributed by atoms with van der Waals surface area (Å²) in [6, 6.07) is 48.7. The third kappa shape index (κ3) is 27.5. The molecule has 2 heterocycles. The summed E-state index contributed by atoms with van der Waals surface area (Å²) in [5, 5.41) is 3.36. The van der Waals surface area contributed by atoms with Gasteiger partial charge in [-0.2, -0.15) is 0 Å². The van der Waals surface area contributed by atoms with Crippen LogP contribution in [0, 0.1) is 0 Å². The van der Waals surface area contributed by atoms with Gasteiger partial charge >= 0.3 is 72.0 Å². The van der Waals surface area contributed by atoms with E-state index in [-0.39, 0.29) is 84.9 Å². The molecule has 0 saturated carbocycles. The van der Waals surface area contributed by atoms with Crippen molar-refractivity contribution in [2.75, 3.05) is 52.9 Å². The van der Waals surface area contributed by atoms with Crippen LogP contribution in [-0.4, -0.2) is 149 Å². The van der Waals surface area contributed by atoms with Crippen LogP contribution in [0.25, 0.3) is 21.5 Å². The first-order valence-corrected chi connectivity index (χ1v) is 38.8. The molecule has 0 unspecified atom stereocenters. The normalized spacial score (nSPS) is 14.0. The molecule has 2 fully saturated rings. The Morgan fingerprint density at radius 3 is 1.07 bits per heavy atom. The molecule has 0 N–H and O–H groups in total. The van der Waals surface area contributed by atoms with Crippen LogP contribution in [0.2, 0.25) is 0 Å². The van der Waals surface area contributed by atoms with Crippen LogP contribution < -0.4 is 37.9 Å². The lowest BCUT2D eigenvalue weighted by Crippen LogP contribution is -2.36. The van der Waals surface area contributed by atoms with Crippen molar-refractivity contribution >= 4 is 93.5 Å². The number of carbonyl (C=O) groups is 12. The van der Waals surface area contributed by atoms with Crippen LogP contribution in [-0.2, 0) is 68.2 Å². The highest BCUT2D eigenvalue weighted by molar-refractivity contribution is 5.99. The molecule has 0 amide bonds. The van der Waals surface area contributed by atoms with Gasteiger partial charge in [0.2, 0.25) is 0 Å². The average Bonchev–Trinajstić information content (AvgIpc) is 1.67. The first-order valence-electron chi connectivity index (χ1n) is 38.8. The third-order valence-electron chi connectivity index (χ3n) is 18.2. The summed E-state index contributed by atoms with van der Waals surface area (Å²) in [5.74, 6) is -3.49. The number of fused-ring (bicyclic) bond motifs is 3. The van der Waals surface area contributed by atoms with Crippen molar-refractivity contribution in [3.05, 3.63) is 278 Å². The summed E-state index contributed by atoms with van der Waals surface area (Å²) >= 11 is 0. The fourth-order valence-corrected chi connectivity index (χ4v) is 11.9. The first kappa shape index (κ1) is 89.8. The zero-order valence-electron chi connectivity index (χ0n) is 66.4. The molecule has 2 aliphatic rings. The lowest BCUT2D eigenvalue weighted by Gasteiger charge is -2.17. The van der Waals surface area contributed by atoms with Gasteiger partial charge in [-0.15, -0.1) is 0 Å². The van der Waals surface area contributed by atoms with E-state index in [1.54, 1.807) is 66.7 Å². The molecule has 9 aromatic rings. The van der Waals surface area contributed by atoms with E-state index < -0.39 is 96.4 Å². The topological polar surface area (TPSA) is 362 Å². The SMILES string of the molecule is C=CC(=O)OCCCCCCOc1ccc2cc(C(=O)Oc3ccc(OC(=O)c4ccc5cc(OC(=O)C=C)ccc5c4)c(CCC)c3)ccc2c1.C=CC(=O)OCCCCOC(=O)Oc1ccc(C(=O)Oc2ccc(C(=O)O[C@H]3CO[C@@H]4[C@H]3OC[C@H]4OC(=O)c3ccc(OC(=O)c4ccc(OC(=O)OCCCCOC(=O)C=C)cc4)cc3)cc2)cc1. The summed E-state index contributed by atoms with van der Waals surface area (Å²) in [6.45, 7) is 16.7. The molecule has 29 nitrogen and oxygen atoms in total. The summed E-state index contributed by atoms with van der Waals surface area (Å²) in [7, 11) is 0. The van der Waals surface area contributed by atoms with Gasteiger partial charge in [-0.25, -0.2) is 57.5 Å². The Labute approximate surface area is 700 Å². The molecular weight excluding hydrogens is 1580 g/mol. The Bertz CT molecular complexity index is 5090. The largest absolute Gasteiger partial charge is 0.513 e. The van der Waals surface area contributed by atoms with Crippen LogP contribution in [0.4, 0.5) is 9.59 Å². The third-order valence-corrected chi connectivity index (χ3v) is 18.2. The number of benzene rings is 9. The number of unbranched alkanes of at least 4 members (excludes halogenated alkanes) is 5. The minimum atomic E-state index is -0.945. The Kier molecular flexibility index (Phi) is 33.8. The van der Waals surface area contributed by atoms with Crippen LogP contribution in [0.5, 0.6) is 46.0 Å². The van der Waals surface area contributed by atoms with Gasteiger partial charge in [0.05, 0.1) is 86.2 Å². The molecular formula is C93H86O29. The van der Waals surface area contributed by atoms with Crippen molar-refractivity contribution in [2.24, 2.45) is 0 Å². The molecule has 0 bridgehead atoms. The highest BCUT2D eigenvalue weighted by Crippen LogP contribution is 2.34. The Hall–Kier alpha value is -14.6. The lowest BCUT2D eigenvalue weighted by molar-refractivity contribution is -0.138. The number of carbonyl (C=O) groups excluding carboxylic acids is 12. The second-order valence-electron chi connectivity index (χ2n) is 26.9. The Morgan fingerprint density at radius 1 is 0.311 bits per heavy atom. The van der Waals surface area contributed by atoms with E-state index in [0.717, 1.165) is 89.3 Å². The van der Waals surface area contributed by atoms with Crippen LogP contribution in [0.1, 0.15) is 132 Å². The predicted molar refractivity (Wildman–Crippen MR) is 438 cm³/mol. The van der Waals surface area contributed by atoms with Gasteiger partial charge in [-0.05, 0) is 249 Å². The van der Waals surface area contributed by atoms with Crippen molar-refractivity contribution < 1.29 is 138 Å². The maximum atomic E-state index is 13.2. The number of hydrogen-bond acceptors (Lipinski definition) is 29. The van der Waals surface area contributed by atoms with Gasteiger partial charge in [0.1, 0.15) is 58.2 Å². The van der Waals surface area contributed by atoms with E-state index in [0.29, 0.717) is 73.7 Å².